The normalized spacial score (nSPS) is 15.1. The summed E-state index contributed by atoms with van der Waals surface area (Å²) in [5.41, 5.74) is 1.31. The van der Waals surface area contributed by atoms with E-state index in [0.717, 1.165) is 39.1 Å². The van der Waals surface area contributed by atoms with Gasteiger partial charge in [-0.15, -0.1) is 0 Å². The number of rotatable bonds is 8. The molecular weight excluding hydrogens is 328 g/mol. The molecule has 0 aromatic heterocycles. The summed E-state index contributed by atoms with van der Waals surface area (Å²) >= 11 is 0. The van der Waals surface area contributed by atoms with E-state index in [1.807, 2.05) is 11.0 Å². The van der Waals surface area contributed by atoms with E-state index in [2.05, 4.69) is 53.6 Å². The van der Waals surface area contributed by atoms with Crippen molar-refractivity contribution in [3.63, 3.8) is 0 Å². The predicted octanol–water partition coefficient (Wildman–Crippen LogP) is 2.07. The third-order valence-corrected chi connectivity index (χ3v) is 4.61. The minimum absolute atomic E-state index is 0.117. The van der Waals surface area contributed by atoms with Crippen molar-refractivity contribution in [3.05, 3.63) is 35.9 Å². The van der Waals surface area contributed by atoms with Gasteiger partial charge in [-0.3, -0.25) is 9.69 Å². The zero-order chi connectivity index (χ0) is 18.8. The largest absolute Gasteiger partial charge is 0.340 e. The Bertz CT molecular complexity index is 554. The van der Waals surface area contributed by atoms with Crippen molar-refractivity contribution in [2.24, 2.45) is 5.92 Å². The number of amides is 3. The van der Waals surface area contributed by atoms with Gasteiger partial charge in [0.25, 0.3) is 0 Å². The average Bonchev–Trinajstić information content (AvgIpc) is 2.63. The van der Waals surface area contributed by atoms with Gasteiger partial charge in [0, 0.05) is 52.2 Å². The molecule has 2 N–H and O–H groups in total. The van der Waals surface area contributed by atoms with Crippen molar-refractivity contribution in [1.82, 2.24) is 20.4 Å². The summed E-state index contributed by atoms with van der Waals surface area (Å²) in [7, 11) is 0. The third-order valence-electron chi connectivity index (χ3n) is 4.61. The Morgan fingerprint density at radius 3 is 2.31 bits per heavy atom. The minimum Gasteiger partial charge on any atom is -0.340 e. The van der Waals surface area contributed by atoms with Crippen LogP contribution in [0.4, 0.5) is 4.79 Å². The number of nitrogens with one attached hydrogen (secondary N) is 2. The SMILES string of the molecule is CC(C)CCNC(=O)NCCC(=O)N1CCN(Cc2ccccc2)CC1. The summed E-state index contributed by atoms with van der Waals surface area (Å²) in [6, 6.07) is 10.2. The van der Waals surface area contributed by atoms with E-state index in [4.69, 9.17) is 0 Å². The summed E-state index contributed by atoms with van der Waals surface area (Å²) in [5.74, 6) is 0.685. The van der Waals surface area contributed by atoms with Crippen LogP contribution in [0.2, 0.25) is 0 Å². The van der Waals surface area contributed by atoms with Crippen LogP contribution in [0.5, 0.6) is 0 Å². The third kappa shape index (κ3) is 7.44. The number of urea groups is 1. The van der Waals surface area contributed by atoms with E-state index in [-0.39, 0.29) is 11.9 Å². The maximum absolute atomic E-state index is 12.3. The first kappa shape index (κ1) is 20.2. The lowest BCUT2D eigenvalue weighted by molar-refractivity contribution is -0.132. The molecule has 1 aliphatic heterocycles. The van der Waals surface area contributed by atoms with Crippen LogP contribution in [0.15, 0.2) is 30.3 Å². The van der Waals surface area contributed by atoms with Gasteiger partial charge in [0.05, 0.1) is 0 Å². The van der Waals surface area contributed by atoms with Crippen molar-refractivity contribution >= 4 is 11.9 Å². The molecular formula is C20H32N4O2. The number of hydrogen-bond acceptors (Lipinski definition) is 3. The zero-order valence-electron chi connectivity index (χ0n) is 16.0. The highest BCUT2D eigenvalue weighted by molar-refractivity contribution is 5.78. The number of hydrogen-bond donors (Lipinski definition) is 2. The van der Waals surface area contributed by atoms with Crippen LogP contribution < -0.4 is 10.6 Å². The second kappa shape index (κ2) is 10.8. The summed E-state index contributed by atoms with van der Waals surface area (Å²) < 4.78 is 0. The van der Waals surface area contributed by atoms with Gasteiger partial charge in [0.15, 0.2) is 0 Å². The van der Waals surface area contributed by atoms with Crippen molar-refractivity contribution in [1.29, 1.82) is 0 Å². The van der Waals surface area contributed by atoms with Crippen LogP contribution in [-0.2, 0) is 11.3 Å². The van der Waals surface area contributed by atoms with Crippen molar-refractivity contribution in [2.75, 3.05) is 39.3 Å². The van der Waals surface area contributed by atoms with E-state index < -0.39 is 0 Å². The maximum atomic E-state index is 12.3. The molecule has 1 saturated heterocycles. The van der Waals surface area contributed by atoms with Crippen LogP contribution in [-0.4, -0.2) is 61.0 Å². The first-order valence-electron chi connectivity index (χ1n) is 9.60. The van der Waals surface area contributed by atoms with Crippen molar-refractivity contribution in [2.45, 2.75) is 33.2 Å². The number of carbonyl (C=O) groups excluding carboxylic acids is 2. The predicted molar refractivity (Wildman–Crippen MR) is 104 cm³/mol. The Morgan fingerprint density at radius 1 is 1.00 bits per heavy atom. The Morgan fingerprint density at radius 2 is 1.65 bits per heavy atom. The molecule has 1 fully saturated rings. The molecule has 1 aliphatic rings. The summed E-state index contributed by atoms with van der Waals surface area (Å²) in [5, 5.41) is 5.57. The van der Waals surface area contributed by atoms with Gasteiger partial charge in [0.2, 0.25) is 5.91 Å². The highest BCUT2D eigenvalue weighted by Crippen LogP contribution is 2.09. The topological polar surface area (TPSA) is 64.7 Å². The van der Waals surface area contributed by atoms with Gasteiger partial charge in [-0.25, -0.2) is 4.79 Å². The monoisotopic (exact) mass is 360 g/mol. The van der Waals surface area contributed by atoms with Crippen LogP contribution in [0.3, 0.4) is 0 Å². The van der Waals surface area contributed by atoms with Gasteiger partial charge < -0.3 is 15.5 Å². The molecule has 26 heavy (non-hydrogen) atoms. The Labute approximate surface area is 156 Å². The first-order chi connectivity index (χ1) is 12.5. The molecule has 2 rings (SSSR count). The Kier molecular flexibility index (Phi) is 8.41. The highest BCUT2D eigenvalue weighted by atomic mass is 16.2. The molecule has 0 radical (unpaired) electrons. The molecule has 1 aromatic carbocycles. The number of carbonyl (C=O) groups is 2. The maximum Gasteiger partial charge on any atom is 0.314 e. The summed E-state index contributed by atoms with van der Waals surface area (Å²) in [6.45, 7) is 9.53. The van der Waals surface area contributed by atoms with E-state index in [1.165, 1.54) is 5.56 Å². The summed E-state index contributed by atoms with van der Waals surface area (Å²) in [4.78, 5) is 28.2. The number of nitrogens with zero attached hydrogens (tertiary/aromatic N) is 2. The molecule has 3 amide bonds. The molecule has 6 nitrogen and oxygen atoms in total. The number of piperazine rings is 1. The average molecular weight is 361 g/mol. The smallest absolute Gasteiger partial charge is 0.314 e. The molecule has 0 saturated carbocycles. The van der Waals surface area contributed by atoms with Gasteiger partial charge in [-0.1, -0.05) is 44.2 Å². The standard InChI is InChI=1S/C20H32N4O2/c1-17(2)8-10-21-20(26)22-11-9-19(25)24-14-12-23(13-15-24)16-18-6-4-3-5-7-18/h3-7,17H,8-16H2,1-2H3,(H2,21,22,26). The van der Waals surface area contributed by atoms with Crippen LogP contribution >= 0.6 is 0 Å². The second-order valence-electron chi connectivity index (χ2n) is 7.26. The van der Waals surface area contributed by atoms with E-state index in [9.17, 15) is 9.59 Å². The lowest BCUT2D eigenvalue weighted by Crippen LogP contribution is -2.49. The molecule has 1 heterocycles. The second-order valence-corrected chi connectivity index (χ2v) is 7.26. The van der Waals surface area contributed by atoms with Crippen LogP contribution in [0.25, 0.3) is 0 Å². The molecule has 0 atom stereocenters. The van der Waals surface area contributed by atoms with Crippen molar-refractivity contribution < 1.29 is 9.59 Å². The molecule has 0 spiro atoms. The van der Waals surface area contributed by atoms with Gasteiger partial charge in [-0.2, -0.15) is 0 Å². The zero-order valence-corrected chi connectivity index (χ0v) is 16.0. The lowest BCUT2D eigenvalue weighted by atomic mass is 10.1. The van der Waals surface area contributed by atoms with Crippen LogP contribution in [0.1, 0.15) is 32.3 Å². The van der Waals surface area contributed by atoms with E-state index in [0.29, 0.717) is 25.4 Å². The van der Waals surface area contributed by atoms with Gasteiger partial charge in [0.1, 0.15) is 0 Å². The fourth-order valence-electron chi connectivity index (χ4n) is 2.97. The Balaban J connectivity index is 1.59. The molecule has 0 unspecified atom stereocenters. The fraction of sp³-hybridized carbons (Fsp3) is 0.600. The lowest BCUT2D eigenvalue weighted by Gasteiger charge is -2.34. The minimum atomic E-state index is -0.189. The molecule has 0 bridgehead atoms. The highest BCUT2D eigenvalue weighted by Gasteiger charge is 2.20. The number of benzene rings is 1. The van der Waals surface area contributed by atoms with Crippen molar-refractivity contribution in [3.8, 4) is 0 Å². The first-order valence-corrected chi connectivity index (χ1v) is 9.60. The summed E-state index contributed by atoms with van der Waals surface area (Å²) in [6.07, 6.45) is 1.32. The fourth-order valence-corrected chi connectivity index (χ4v) is 2.97. The Hall–Kier alpha value is -2.08. The van der Waals surface area contributed by atoms with Crippen LogP contribution in [0, 0.1) is 5.92 Å². The molecule has 6 heteroatoms. The quantitative estimate of drug-likeness (QED) is 0.746. The van der Waals surface area contributed by atoms with Gasteiger partial charge >= 0.3 is 6.03 Å². The van der Waals surface area contributed by atoms with E-state index in [1.54, 1.807) is 0 Å². The molecule has 144 valence electrons. The molecule has 0 aliphatic carbocycles. The van der Waals surface area contributed by atoms with Gasteiger partial charge in [-0.05, 0) is 17.9 Å². The molecule has 1 aromatic rings. The van der Waals surface area contributed by atoms with E-state index >= 15 is 0 Å².